The summed E-state index contributed by atoms with van der Waals surface area (Å²) in [7, 11) is 0. The van der Waals surface area contributed by atoms with E-state index in [1.807, 2.05) is 0 Å². The van der Waals surface area contributed by atoms with Crippen LogP contribution < -0.4 is 10.1 Å². The third-order valence-corrected chi connectivity index (χ3v) is 3.75. The average Bonchev–Trinajstić information content (AvgIpc) is 3.01. The van der Waals surface area contributed by atoms with Gasteiger partial charge < -0.3 is 14.6 Å². The van der Waals surface area contributed by atoms with Crippen LogP contribution in [0.25, 0.3) is 0 Å². The van der Waals surface area contributed by atoms with E-state index in [1.165, 1.54) is 0 Å². The van der Waals surface area contributed by atoms with Crippen molar-refractivity contribution in [2.75, 3.05) is 0 Å². The fourth-order valence-corrected chi connectivity index (χ4v) is 2.53. The second kappa shape index (κ2) is 7.55. The van der Waals surface area contributed by atoms with Gasteiger partial charge >= 0.3 is 0 Å². The molecule has 1 N–H and O–H groups in total. The van der Waals surface area contributed by atoms with Crippen LogP contribution in [0, 0.1) is 6.92 Å². The molecule has 0 atom stereocenters. The molecule has 0 aliphatic heterocycles. The van der Waals surface area contributed by atoms with Crippen molar-refractivity contribution in [1.29, 1.82) is 0 Å². The van der Waals surface area contributed by atoms with Gasteiger partial charge in [-0.15, -0.1) is 0 Å². The Balaban J connectivity index is 1.76. The lowest BCUT2D eigenvalue weighted by molar-refractivity contribution is 0.0944. The lowest BCUT2D eigenvalue weighted by Crippen LogP contribution is -2.23. The van der Waals surface area contributed by atoms with E-state index in [0.717, 1.165) is 0 Å². The zero-order valence-electron chi connectivity index (χ0n) is 13.1. The first-order chi connectivity index (χ1) is 12.0. The van der Waals surface area contributed by atoms with Gasteiger partial charge in [-0.1, -0.05) is 40.5 Å². The van der Waals surface area contributed by atoms with Crippen molar-refractivity contribution in [3.63, 3.8) is 0 Å². The normalized spacial score (nSPS) is 10.5. The highest BCUT2D eigenvalue weighted by atomic mass is 35.5. The maximum atomic E-state index is 12.4. The molecule has 1 amide bonds. The molecule has 0 bridgehead atoms. The highest BCUT2D eigenvalue weighted by Crippen LogP contribution is 2.33. The van der Waals surface area contributed by atoms with E-state index < -0.39 is 0 Å². The van der Waals surface area contributed by atoms with Gasteiger partial charge in [0.1, 0.15) is 11.5 Å². The van der Waals surface area contributed by atoms with Gasteiger partial charge in [-0.3, -0.25) is 4.79 Å². The Bertz CT molecular complexity index is 912. The summed E-state index contributed by atoms with van der Waals surface area (Å²) in [5.74, 6) is 1.26. The minimum absolute atomic E-state index is 0.121. The van der Waals surface area contributed by atoms with Gasteiger partial charge in [-0.05, 0) is 37.3 Å². The average molecular weight is 378 g/mol. The summed E-state index contributed by atoms with van der Waals surface area (Å²) >= 11 is 12.0. The number of rotatable bonds is 5. The molecule has 128 valence electrons. The molecule has 3 rings (SSSR count). The molecule has 0 aliphatic rings. The third kappa shape index (κ3) is 4.29. The van der Waals surface area contributed by atoms with Crippen molar-refractivity contribution in [1.82, 2.24) is 15.5 Å². The summed E-state index contributed by atoms with van der Waals surface area (Å²) in [5, 5.41) is 7.23. The molecule has 0 unspecified atom stereocenters. The Kier molecular flexibility index (Phi) is 5.21. The number of halogens is 2. The van der Waals surface area contributed by atoms with E-state index in [0.29, 0.717) is 38.8 Å². The summed E-state index contributed by atoms with van der Waals surface area (Å²) < 4.78 is 10.7. The number of benzene rings is 2. The number of amides is 1. The number of hydrogen-bond donors (Lipinski definition) is 1. The maximum absolute atomic E-state index is 12.4. The first kappa shape index (κ1) is 17.3. The SMILES string of the molecule is Cc1noc(CNC(=O)c2ccccc2Oc2ccc(Cl)cc2Cl)n1. The first-order valence-corrected chi connectivity index (χ1v) is 8.08. The minimum Gasteiger partial charge on any atom is -0.455 e. The van der Waals surface area contributed by atoms with Gasteiger partial charge in [0.05, 0.1) is 17.1 Å². The molecule has 2 aromatic carbocycles. The summed E-state index contributed by atoms with van der Waals surface area (Å²) in [6.45, 7) is 1.82. The molecule has 6 nitrogen and oxygen atoms in total. The second-order valence-electron chi connectivity index (χ2n) is 5.09. The van der Waals surface area contributed by atoms with E-state index in [2.05, 4.69) is 15.5 Å². The Labute approximate surface area is 153 Å². The highest BCUT2D eigenvalue weighted by molar-refractivity contribution is 6.35. The number of carbonyl (C=O) groups is 1. The van der Waals surface area contributed by atoms with E-state index in [4.69, 9.17) is 32.5 Å². The molecule has 0 saturated carbocycles. The number of hydrogen-bond acceptors (Lipinski definition) is 5. The van der Waals surface area contributed by atoms with Gasteiger partial charge in [-0.25, -0.2) is 0 Å². The number of aromatic nitrogens is 2. The van der Waals surface area contributed by atoms with Crippen LogP contribution >= 0.6 is 23.2 Å². The van der Waals surface area contributed by atoms with Crippen LogP contribution in [0.2, 0.25) is 10.0 Å². The van der Waals surface area contributed by atoms with E-state index in [1.54, 1.807) is 49.4 Å². The van der Waals surface area contributed by atoms with Crippen LogP contribution in [-0.4, -0.2) is 16.0 Å². The lowest BCUT2D eigenvalue weighted by Gasteiger charge is -2.12. The van der Waals surface area contributed by atoms with Gasteiger partial charge in [0.2, 0.25) is 5.89 Å². The van der Waals surface area contributed by atoms with Crippen LogP contribution in [0.1, 0.15) is 22.1 Å². The molecule has 0 fully saturated rings. The number of para-hydroxylation sites is 1. The zero-order valence-corrected chi connectivity index (χ0v) is 14.6. The highest BCUT2D eigenvalue weighted by Gasteiger charge is 2.15. The minimum atomic E-state index is -0.337. The van der Waals surface area contributed by atoms with Crippen molar-refractivity contribution in [3.8, 4) is 11.5 Å². The molecule has 0 spiro atoms. The fourth-order valence-electron chi connectivity index (χ4n) is 2.08. The molecule has 8 heteroatoms. The second-order valence-corrected chi connectivity index (χ2v) is 5.93. The maximum Gasteiger partial charge on any atom is 0.255 e. The number of aryl methyl sites for hydroxylation is 1. The van der Waals surface area contributed by atoms with Crippen LogP contribution in [0.4, 0.5) is 0 Å². The van der Waals surface area contributed by atoms with Crippen LogP contribution in [0.15, 0.2) is 47.0 Å². The van der Waals surface area contributed by atoms with Crippen LogP contribution in [-0.2, 0) is 6.54 Å². The lowest BCUT2D eigenvalue weighted by atomic mass is 10.2. The van der Waals surface area contributed by atoms with Gasteiger partial charge in [0.25, 0.3) is 5.91 Å². The van der Waals surface area contributed by atoms with Crippen molar-refractivity contribution in [2.45, 2.75) is 13.5 Å². The fraction of sp³-hybridized carbons (Fsp3) is 0.118. The molecule has 0 saturated heterocycles. The van der Waals surface area contributed by atoms with Crippen molar-refractivity contribution >= 4 is 29.1 Å². The molecule has 1 heterocycles. The topological polar surface area (TPSA) is 77.2 Å². The molecular formula is C17H13Cl2N3O3. The van der Waals surface area contributed by atoms with Gasteiger partial charge in [0.15, 0.2) is 5.82 Å². The molecule has 1 aromatic heterocycles. The Morgan fingerprint density at radius 1 is 1.20 bits per heavy atom. The Hall–Kier alpha value is -2.57. The quantitative estimate of drug-likeness (QED) is 0.712. The smallest absolute Gasteiger partial charge is 0.255 e. The van der Waals surface area contributed by atoms with Crippen molar-refractivity contribution in [2.24, 2.45) is 0 Å². The number of nitrogens with zero attached hydrogens (tertiary/aromatic N) is 2. The monoisotopic (exact) mass is 377 g/mol. The largest absolute Gasteiger partial charge is 0.455 e. The predicted octanol–water partition coefficient (Wildman–Crippen LogP) is 4.41. The van der Waals surface area contributed by atoms with E-state index in [9.17, 15) is 4.79 Å². The first-order valence-electron chi connectivity index (χ1n) is 7.32. The van der Waals surface area contributed by atoms with Crippen molar-refractivity contribution in [3.05, 3.63) is 69.8 Å². The molecule has 0 aliphatic carbocycles. The summed E-state index contributed by atoms with van der Waals surface area (Å²) in [6, 6.07) is 11.7. The number of carbonyl (C=O) groups excluding carboxylic acids is 1. The van der Waals surface area contributed by atoms with Crippen molar-refractivity contribution < 1.29 is 14.1 Å². The predicted molar refractivity (Wildman–Crippen MR) is 93.2 cm³/mol. The number of nitrogens with one attached hydrogen (secondary N) is 1. The van der Waals surface area contributed by atoms with Gasteiger partial charge in [-0.2, -0.15) is 4.98 Å². The summed E-state index contributed by atoms with van der Waals surface area (Å²) in [6.07, 6.45) is 0. The zero-order chi connectivity index (χ0) is 17.8. The Morgan fingerprint density at radius 3 is 2.72 bits per heavy atom. The van der Waals surface area contributed by atoms with E-state index >= 15 is 0 Å². The number of ether oxygens (including phenoxy) is 1. The Morgan fingerprint density at radius 2 is 2.00 bits per heavy atom. The molecular weight excluding hydrogens is 365 g/mol. The van der Waals surface area contributed by atoms with Crippen LogP contribution in [0.5, 0.6) is 11.5 Å². The third-order valence-electron chi connectivity index (χ3n) is 3.22. The molecule has 25 heavy (non-hydrogen) atoms. The van der Waals surface area contributed by atoms with E-state index in [-0.39, 0.29) is 12.5 Å². The summed E-state index contributed by atoms with van der Waals surface area (Å²) in [5.41, 5.74) is 0.352. The summed E-state index contributed by atoms with van der Waals surface area (Å²) in [4.78, 5) is 16.5. The van der Waals surface area contributed by atoms with Crippen LogP contribution in [0.3, 0.4) is 0 Å². The molecule has 0 radical (unpaired) electrons. The van der Waals surface area contributed by atoms with Gasteiger partial charge in [0, 0.05) is 5.02 Å². The standard InChI is InChI=1S/C17H13Cl2N3O3/c1-10-21-16(25-22-10)9-20-17(23)12-4-2-3-5-14(12)24-15-7-6-11(18)8-13(15)19/h2-8H,9H2,1H3,(H,20,23). The molecule has 3 aromatic rings.